The Hall–Kier alpha value is -1.99. The number of nitriles is 1. The van der Waals surface area contributed by atoms with Crippen LogP contribution in [0.25, 0.3) is 0 Å². The molecule has 1 aromatic rings. The van der Waals surface area contributed by atoms with Crippen LogP contribution in [-0.4, -0.2) is 23.9 Å². The maximum Gasteiger partial charge on any atom is 0.267 e. The highest BCUT2D eigenvalue weighted by molar-refractivity contribution is 6.31. The number of hydrogen-bond acceptors (Lipinski definition) is 3. The minimum absolute atomic E-state index is 0.113. The van der Waals surface area contributed by atoms with E-state index >= 15 is 0 Å². The molecule has 1 amide bonds. The van der Waals surface area contributed by atoms with Gasteiger partial charge in [-0.15, -0.1) is 0 Å². The molecular weight excluding hydrogens is 262 g/mol. The second kappa shape index (κ2) is 6.26. The molecule has 1 N–H and O–H groups in total. The number of rotatable bonds is 3. The normalized spacial score (nSPS) is 15.2. The van der Waals surface area contributed by atoms with E-state index in [4.69, 9.17) is 16.9 Å². The maximum absolute atomic E-state index is 12.0. The van der Waals surface area contributed by atoms with E-state index < -0.39 is 5.91 Å². The van der Waals surface area contributed by atoms with Gasteiger partial charge in [0.2, 0.25) is 0 Å². The largest absolute Gasteiger partial charge is 0.376 e. The van der Waals surface area contributed by atoms with Gasteiger partial charge in [-0.05, 0) is 31.0 Å². The Morgan fingerprint density at radius 3 is 2.79 bits per heavy atom. The first-order valence-electron chi connectivity index (χ1n) is 6.12. The molecule has 0 atom stereocenters. The Labute approximate surface area is 117 Å². The maximum atomic E-state index is 12.0. The second-order valence-corrected chi connectivity index (χ2v) is 4.80. The van der Waals surface area contributed by atoms with Crippen LogP contribution in [0.3, 0.4) is 0 Å². The first-order valence-corrected chi connectivity index (χ1v) is 6.50. The fourth-order valence-electron chi connectivity index (χ4n) is 1.96. The number of hydrogen-bond donors (Lipinski definition) is 1. The Balaban J connectivity index is 2.07. The Morgan fingerprint density at radius 1 is 1.42 bits per heavy atom. The van der Waals surface area contributed by atoms with Gasteiger partial charge < -0.3 is 10.2 Å². The fourth-order valence-corrected chi connectivity index (χ4v) is 2.15. The molecule has 0 aliphatic carbocycles. The summed E-state index contributed by atoms with van der Waals surface area (Å²) in [6.45, 7) is 1.80. The predicted octanol–water partition coefficient (Wildman–Crippen LogP) is 2.78. The molecule has 19 heavy (non-hydrogen) atoms. The minimum atomic E-state index is -0.406. The molecule has 0 spiro atoms. The molecule has 1 aliphatic heterocycles. The standard InChI is InChI=1S/C14H14ClN3O/c15-12-4-3-5-13(8-12)17-14(19)11(9-16)10-18-6-1-2-7-18/h3-5,8,10H,1-2,6-7H2,(H,17,19). The summed E-state index contributed by atoms with van der Waals surface area (Å²) >= 11 is 5.84. The second-order valence-electron chi connectivity index (χ2n) is 4.36. The number of likely N-dealkylation sites (tertiary alicyclic amines) is 1. The molecule has 0 saturated carbocycles. The van der Waals surface area contributed by atoms with E-state index in [0.717, 1.165) is 25.9 Å². The summed E-state index contributed by atoms with van der Waals surface area (Å²) in [6, 6.07) is 8.78. The lowest BCUT2D eigenvalue weighted by atomic mass is 10.2. The molecule has 0 bridgehead atoms. The van der Waals surface area contributed by atoms with Crippen LogP contribution in [0.4, 0.5) is 5.69 Å². The summed E-state index contributed by atoms with van der Waals surface area (Å²) in [7, 11) is 0. The van der Waals surface area contributed by atoms with E-state index in [2.05, 4.69) is 5.32 Å². The summed E-state index contributed by atoms with van der Waals surface area (Å²) < 4.78 is 0. The van der Waals surface area contributed by atoms with Gasteiger partial charge in [-0.2, -0.15) is 5.26 Å². The van der Waals surface area contributed by atoms with Gasteiger partial charge in [0.05, 0.1) is 0 Å². The molecule has 0 radical (unpaired) electrons. The molecule has 2 rings (SSSR count). The lowest BCUT2D eigenvalue weighted by Gasteiger charge is -2.12. The van der Waals surface area contributed by atoms with Gasteiger partial charge >= 0.3 is 0 Å². The van der Waals surface area contributed by atoms with Crippen LogP contribution in [-0.2, 0) is 4.79 Å². The predicted molar refractivity (Wildman–Crippen MR) is 74.6 cm³/mol. The number of carbonyl (C=O) groups is 1. The molecule has 0 unspecified atom stereocenters. The van der Waals surface area contributed by atoms with Gasteiger partial charge in [0.15, 0.2) is 0 Å². The number of anilines is 1. The molecule has 1 heterocycles. The number of nitrogens with one attached hydrogen (secondary N) is 1. The van der Waals surface area contributed by atoms with Gasteiger partial charge in [-0.25, -0.2) is 0 Å². The number of halogens is 1. The van der Waals surface area contributed by atoms with Crippen LogP contribution in [0.2, 0.25) is 5.02 Å². The summed E-state index contributed by atoms with van der Waals surface area (Å²) in [5.74, 6) is -0.406. The lowest BCUT2D eigenvalue weighted by Crippen LogP contribution is -2.18. The lowest BCUT2D eigenvalue weighted by molar-refractivity contribution is -0.112. The average Bonchev–Trinajstić information content (AvgIpc) is 2.88. The van der Waals surface area contributed by atoms with E-state index in [1.807, 2.05) is 11.0 Å². The fraction of sp³-hybridized carbons (Fsp3) is 0.286. The number of nitrogens with zero attached hydrogens (tertiary/aromatic N) is 2. The SMILES string of the molecule is N#CC(=CN1CCCC1)C(=O)Nc1cccc(Cl)c1. The quantitative estimate of drug-likeness (QED) is 0.682. The van der Waals surface area contributed by atoms with Gasteiger partial charge in [0, 0.05) is 30.0 Å². The summed E-state index contributed by atoms with van der Waals surface area (Å²) in [5.41, 5.74) is 0.696. The highest BCUT2D eigenvalue weighted by atomic mass is 35.5. The van der Waals surface area contributed by atoms with Crippen molar-refractivity contribution in [3.8, 4) is 6.07 Å². The number of benzene rings is 1. The third kappa shape index (κ3) is 3.73. The molecule has 1 fully saturated rings. The zero-order valence-corrected chi connectivity index (χ0v) is 11.2. The molecule has 5 heteroatoms. The van der Waals surface area contributed by atoms with Crippen LogP contribution in [0.15, 0.2) is 36.0 Å². The van der Waals surface area contributed by atoms with E-state index in [9.17, 15) is 4.79 Å². The number of amides is 1. The third-order valence-corrected chi connectivity index (χ3v) is 3.13. The molecule has 4 nitrogen and oxygen atoms in total. The van der Waals surface area contributed by atoms with E-state index in [1.54, 1.807) is 30.5 Å². The van der Waals surface area contributed by atoms with Gasteiger partial charge in [0.25, 0.3) is 5.91 Å². The van der Waals surface area contributed by atoms with Crippen LogP contribution < -0.4 is 5.32 Å². The van der Waals surface area contributed by atoms with Gasteiger partial charge in [-0.3, -0.25) is 4.79 Å². The van der Waals surface area contributed by atoms with Crippen LogP contribution in [0.5, 0.6) is 0 Å². The van der Waals surface area contributed by atoms with E-state index in [-0.39, 0.29) is 5.57 Å². The van der Waals surface area contributed by atoms with Crippen LogP contribution in [0, 0.1) is 11.3 Å². The first kappa shape index (κ1) is 13.4. The Bertz CT molecular complexity index is 542. The highest BCUT2D eigenvalue weighted by Crippen LogP contribution is 2.16. The van der Waals surface area contributed by atoms with Crippen molar-refractivity contribution in [2.24, 2.45) is 0 Å². The average molecular weight is 276 g/mol. The monoisotopic (exact) mass is 275 g/mol. The molecule has 98 valence electrons. The minimum Gasteiger partial charge on any atom is -0.376 e. The smallest absolute Gasteiger partial charge is 0.267 e. The van der Waals surface area contributed by atoms with Crippen molar-refractivity contribution in [2.45, 2.75) is 12.8 Å². The summed E-state index contributed by atoms with van der Waals surface area (Å²) in [4.78, 5) is 14.0. The first-order chi connectivity index (χ1) is 9.19. The summed E-state index contributed by atoms with van der Waals surface area (Å²) in [5, 5.41) is 12.3. The highest BCUT2D eigenvalue weighted by Gasteiger charge is 2.14. The van der Waals surface area contributed by atoms with Crippen LogP contribution >= 0.6 is 11.6 Å². The van der Waals surface area contributed by atoms with Crippen molar-refractivity contribution in [3.63, 3.8) is 0 Å². The van der Waals surface area contributed by atoms with Crippen LogP contribution in [0.1, 0.15) is 12.8 Å². The third-order valence-electron chi connectivity index (χ3n) is 2.90. The zero-order valence-electron chi connectivity index (χ0n) is 10.4. The van der Waals surface area contributed by atoms with Gasteiger partial charge in [-0.1, -0.05) is 17.7 Å². The van der Waals surface area contributed by atoms with Gasteiger partial charge in [0.1, 0.15) is 11.6 Å². The summed E-state index contributed by atoms with van der Waals surface area (Å²) in [6.07, 6.45) is 3.84. The zero-order chi connectivity index (χ0) is 13.7. The Morgan fingerprint density at radius 2 is 2.16 bits per heavy atom. The molecule has 1 aliphatic rings. The molecule has 0 aromatic heterocycles. The topological polar surface area (TPSA) is 56.1 Å². The van der Waals surface area contributed by atoms with Crippen molar-refractivity contribution >= 4 is 23.2 Å². The molecule has 1 saturated heterocycles. The molecular formula is C14H14ClN3O. The van der Waals surface area contributed by atoms with Crippen molar-refractivity contribution in [2.75, 3.05) is 18.4 Å². The van der Waals surface area contributed by atoms with E-state index in [1.165, 1.54) is 0 Å². The van der Waals surface area contributed by atoms with Crippen molar-refractivity contribution in [3.05, 3.63) is 41.1 Å². The van der Waals surface area contributed by atoms with E-state index in [0.29, 0.717) is 10.7 Å². The van der Waals surface area contributed by atoms with Crippen molar-refractivity contribution in [1.82, 2.24) is 4.90 Å². The van der Waals surface area contributed by atoms with Crippen molar-refractivity contribution in [1.29, 1.82) is 5.26 Å². The number of carbonyl (C=O) groups excluding carboxylic acids is 1. The van der Waals surface area contributed by atoms with Crippen molar-refractivity contribution < 1.29 is 4.79 Å². The Kier molecular flexibility index (Phi) is 4.43. The molecule has 1 aromatic carbocycles.